The number of nitrogens with one attached hydrogen (secondary N) is 2. The third-order valence-corrected chi connectivity index (χ3v) is 3.09. The quantitative estimate of drug-likeness (QED) is 0.830. The smallest absolute Gasteiger partial charge is 0.221 e. The van der Waals surface area contributed by atoms with Crippen LogP contribution in [0.5, 0.6) is 5.88 Å². The van der Waals surface area contributed by atoms with Crippen LogP contribution in [0, 0.1) is 0 Å². The number of carbonyl (C=O) groups is 1. The van der Waals surface area contributed by atoms with Gasteiger partial charge in [0.1, 0.15) is 0 Å². The van der Waals surface area contributed by atoms with Gasteiger partial charge < -0.3 is 15.4 Å². The third kappa shape index (κ3) is 3.70. The van der Waals surface area contributed by atoms with Crippen molar-refractivity contribution in [2.45, 2.75) is 31.8 Å². The number of pyridine rings is 1. The number of aromatic nitrogens is 1. The number of ether oxygens (including phenoxy) is 1. The van der Waals surface area contributed by atoms with Gasteiger partial charge in [0.2, 0.25) is 11.8 Å². The molecule has 5 heteroatoms. The second kappa shape index (κ2) is 6.35. The summed E-state index contributed by atoms with van der Waals surface area (Å²) in [6.45, 7) is 1.52. The van der Waals surface area contributed by atoms with Crippen molar-refractivity contribution >= 4 is 5.91 Å². The number of hydrogen-bond donors (Lipinski definition) is 2. The standard InChI is InChI=1S/C13H19N3O2/c1-18-13-7-10(4-6-15-13)9-16-11-3-2-5-14-12(17)8-11/h4,6-7,11,16H,2-3,5,8-9H2,1H3,(H,14,17). The second-order valence-corrected chi connectivity index (χ2v) is 4.48. The fraction of sp³-hybridized carbons (Fsp3) is 0.538. The number of rotatable bonds is 4. The van der Waals surface area contributed by atoms with Crippen LogP contribution in [-0.4, -0.2) is 30.6 Å². The summed E-state index contributed by atoms with van der Waals surface area (Å²) in [6, 6.07) is 4.11. The van der Waals surface area contributed by atoms with E-state index in [1.165, 1.54) is 0 Å². The zero-order chi connectivity index (χ0) is 12.8. The maximum atomic E-state index is 11.4. The van der Waals surface area contributed by atoms with E-state index >= 15 is 0 Å². The summed E-state index contributed by atoms with van der Waals surface area (Å²) < 4.78 is 5.08. The van der Waals surface area contributed by atoms with Gasteiger partial charge in [-0.15, -0.1) is 0 Å². The average Bonchev–Trinajstić information content (AvgIpc) is 2.61. The van der Waals surface area contributed by atoms with Gasteiger partial charge in [-0.3, -0.25) is 4.79 Å². The summed E-state index contributed by atoms with van der Waals surface area (Å²) in [5.74, 6) is 0.755. The SMILES string of the molecule is COc1cc(CNC2CCCNC(=O)C2)ccn1. The number of methoxy groups -OCH3 is 1. The van der Waals surface area contributed by atoms with E-state index in [-0.39, 0.29) is 11.9 Å². The van der Waals surface area contributed by atoms with Gasteiger partial charge in [-0.05, 0) is 24.5 Å². The number of hydrogen-bond acceptors (Lipinski definition) is 4. The van der Waals surface area contributed by atoms with E-state index in [2.05, 4.69) is 15.6 Å². The lowest BCUT2D eigenvalue weighted by Crippen LogP contribution is -2.32. The largest absolute Gasteiger partial charge is 0.481 e. The summed E-state index contributed by atoms with van der Waals surface area (Å²) in [5.41, 5.74) is 1.12. The molecule has 1 aliphatic rings. The Labute approximate surface area is 107 Å². The Hall–Kier alpha value is -1.62. The summed E-state index contributed by atoms with van der Waals surface area (Å²) >= 11 is 0. The molecule has 0 aromatic carbocycles. The van der Waals surface area contributed by atoms with Gasteiger partial charge in [-0.2, -0.15) is 0 Å². The molecule has 1 aromatic rings. The molecule has 2 rings (SSSR count). The molecule has 0 spiro atoms. The fourth-order valence-electron chi connectivity index (χ4n) is 2.08. The van der Waals surface area contributed by atoms with Crippen LogP contribution < -0.4 is 15.4 Å². The molecule has 2 N–H and O–H groups in total. The molecule has 0 saturated carbocycles. The van der Waals surface area contributed by atoms with Gasteiger partial charge >= 0.3 is 0 Å². The predicted octanol–water partition coefficient (Wildman–Crippen LogP) is 0.848. The highest BCUT2D eigenvalue weighted by molar-refractivity contribution is 5.76. The molecule has 1 amide bonds. The van der Waals surface area contributed by atoms with E-state index in [0.29, 0.717) is 12.3 Å². The highest BCUT2D eigenvalue weighted by Crippen LogP contribution is 2.10. The summed E-state index contributed by atoms with van der Waals surface area (Å²) in [4.78, 5) is 15.5. The van der Waals surface area contributed by atoms with Crippen LogP contribution >= 0.6 is 0 Å². The Balaban J connectivity index is 1.87. The van der Waals surface area contributed by atoms with Gasteiger partial charge in [0.15, 0.2) is 0 Å². The van der Waals surface area contributed by atoms with E-state index in [1.807, 2.05) is 12.1 Å². The monoisotopic (exact) mass is 249 g/mol. The minimum Gasteiger partial charge on any atom is -0.481 e. The highest BCUT2D eigenvalue weighted by atomic mass is 16.5. The lowest BCUT2D eigenvalue weighted by Gasteiger charge is -2.15. The van der Waals surface area contributed by atoms with E-state index < -0.39 is 0 Å². The molecule has 18 heavy (non-hydrogen) atoms. The molecular weight excluding hydrogens is 230 g/mol. The number of nitrogens with zero attached hydrogens (tertiary/aromatic N) is 1. The predicted molar refractivity (Wildman–Crippen MR) is 68.3 cm³/mol. The Morgan fingerprint density at radius 2 is 2.50 bits per heavy atom. The number of carbonyl (C=O) groups excluding carboxylic acids is 1. The van der Waals surface area contributed by atoms with Crippen LogP contribution in [0.25, 0.3) is 0 Å². The Morgan fingerprint density at radius 1 is 1.61 bits per heavy atom. The van der Waals surface area contributed by atoms with Crippen LogP contribution in [-0.2, 0) is 11.3 Å². The molecule has 1 atom stereocenters. The molecule has 0 aliphatic carbocycles. The molecule has 0 radical (unpaired) electrons. The van der Waals surface area contributed by atoms with E-state index in [0.717, 1.165) is 31.5 Å². The zero-order valence-electron chi connectivity index (χ0n) is 10.6. The fourth-order valence-corrected chi connectivity index (χ4v) is 2.08. The van der Waals surface area contributed by atoms with E-state index in [1.54, 1.807) is 13.3 Å². The zero-order valence-corrected chi connectivity index (χ0v) is 10.6. The Bertz CT molecular complexity index is 409. The van der Waals surface area contributed by atoms with Crippen molar-refractivity contribution in [3.63, 3.8) is 0 Å². The maximum absolute atomic E-state index is 11.4. The van der Waals surface area contributed by atoms with Crippen molar-refractivity contribution in [2.75, 3.05) is 13.7 Å². The summed E-state index contributed by atoms with van der Waals surface area (Å²) in [5, 5.41) is 6.30. The summed E-state index contributed by atoms with van der Waals surface area (Å²) in [7, 11) is 1.61. The Kier molecular flexibility index (Phi) is 4.52. The first-order valence-corrected chi connectivity index (χ1v) is 6.27. The van der Waals surface area contributed by atoms with Crippen LogP contribution in [0.2, 0.25) is 0 Å². The first-order chi connectivity index (χ1) is 8.78. The first kappa shape index (κ1) is 12.8. The number of amides is 1. The van der Waals surface area contributed by atoms with Gasteiger partial charge in [0.25, 0.3) is 0 Å². The van der Waals surface area contributed by atoms with Crippen molar-refractivity contribution in [1.29, 1.82) is 0 Å². The van der Waals surface area contributed by atoms with Crippen molar-refractivity contribution in [3.8, 4) is 5.88 Å². The van der Waals surface area contributed by atoms with Crippen molar-refractivity contribution in [3.05, 3.63) is 23.9 Å². The van der Waals surface area contributed by atoms with Crippen molar-refractivity contribution in [2.24, 2.45) is 0 Å². The lowest BCUT2D eigenvalue weighted by atomic mass is 10.1. The minimum atomic E-state index is 0.136. The van der Waals surface area contributed by atoms with E-state index in [4.69, 9.17) is 4.74 Å². The van der Waals surface area contributed by atoms with Gasteiger partial charge in [-0.25, -0.2) is 4.98 Å². The molecule has 0 bridgehead atoms. The molecule has 1 saturated heterocycles. The van der Waals surface area contributed by atoms with Crippen LogP contribution in [0.15, 0.2) is 18.3 Å². The van der Waals surface area contributed by atoms with Gasteiger partial charge in [0, 0.05) is 37.8 Å². The molecule has 1 aliphatic heterocycles. The molecule has 1 aromatic heterocycles. The lowest BCUT2D eigenvalue weighted by molar-refractivity contribution is -0.121. The van der Waals surface area contributed by atoms with Crippen LogP contribution in [0.1, 0.15) is 24.8 Å². The summed E-state index contributed by atoms with van der Waals surface area (Å²) in [6.07, 6.45) is 4.35. The molecule has 98 valence electrons. The van der Waals surface area contributed by atoms with E-state index in [9.17, 15) is 4.79 Å². The molecular formula is C13H19N3O2. The minimum absolute atomic E-state index is 0.136. The first-order valence-electron chi connectivity index (χ1n) is 6.27. The topological polar surface area (TPSA) is 63.2 Å². The van der Waals surface area contributed by atoms with Gasteiger partial charge in [0.05, 0.1) is 7.11 Å². The molecule has 5 nitrogen and oxygen atoms in total. The average molecular weight is 249 g/mol. The highest BCUT2D eigenvalue weighted by Gasteiger charge is 2.16. The molecule has 2 heterocycles. The van der Waals surface area contributed by atoms with Gasteiger partial charge in [-0.1, -0.05) is 0 Å². The molecule has 1 unspecified atom stereocenters. The normalized spacial score (nSPS) is 20.1. The maximum Gasteiger partial charge on any atom is 0.221 e. The molecule has 1 fully saturated rings. The van der Waals surface area contributed by atoms with Crippen molar-refractivity contribution < 1.29 is 9.53 Å². The van der Waals surface area contributed by atoms with Crippen molar-refractivity contribution in [1.82, 2.24) is 15.6 Å². The second-order valence-electron chi connectivity index (χ2n) is 4.48. The van der Waals surface area contributed by atoms with Crippen LogP contribution in [0.3, 0.4) is 0 Å². The van der Waals surface area contributed by atoms with Crippen LogP contribution in [0.4, 0.5) is 0 Å². The Morgan fingerprint density at radius 3 is 3.33 bits per heavy atom. The third-order valence-electron chi connectivity index (χ3n) is 3.09.